The van der Waals surface area contributed by atoms with E-state index in [4.69, 9.17) is 0 Å². The third-order valence-corrected chi connectivity index (χ3v) is 3.09. The van der Waals surface area contributed by atoms with Crippen molar-refractivity contribution in [3.63, 3.8) is 0 Å². The molecule has 2 rings (SSSR count). The molecule has 2 aromatic rings. The fourth-order valence-corrected chi connectivity index (χ4v) is 1.92. The summed E-state index contributed by atoms with van der Waals surface area (Å²) in [5, 5.41) is 0.824. The molecule has 2 aromatic heterocycles. The second-order valence-electron chi connectivity index (χ2n) is 3.33. The highest BCUT2D eigenvalue weighted by Gasteiger charge is 2.09. The maximum Gasteiger partial charge on any atom is 0.177 e. The van der Waals surface area contributed by atoms with Crippen LogP contribution in [-0.2, 0) is 9.84 Å². The Kier molecular flexibility index (Phi) is 1.85. The van der Waals surface area contributed by atoms with E-state index in [-0.39, 0.29) is 4.90 Å². The van der Waals surface area contributed by atoms with Gasteiger partial charge in [0, 0.05) is 23.5 Å². The molecule has 0 saturated carbocycles. The Morgan fingerprint density at radius 2 is 2.07 bits per heavy atom. The Bertz CT molecular complexity index is 584. The molecule has 0 radical (unpaired) electrons. The first-order valence-electron chi connectivity index (χ1n) is 4.12. The third kappa shape index (κ3) is 1.50. The molecule has 1 N–H and O–H groups in total. The molecule has 0 amide bonds. The number of fused-ring (bicyclic) bond motifs is 1. The van der Waals surface area contributed by atoms with E-state index in [1.807, 2.05) is 13.0 Å². The monoisotopic (exact) mass is 210 g/mol. The second-order valence-corrected chi connectivity index (χ2v) is 5.35. The summed E-state index contributed by atoms with van der Waals surface area (Å²) in [7, 11) is -3.16. The first-order valence-corrected chi connectivity index (χ1v) is 6.01. The van der Waals surface area contributed by atoms with Crippen molar-refractivity contribution in [2.75, 3.05) is 6.26 Å². The normalized spacial score (nSPS) is 12.1. The molecule has 0 unspecified atom stereocenters. The van der Waals surface area contributed by atoms with Crippen LogP contribution >= 0.6 is 0 Å². The topological polar surface area (TPSA) is 62.8 Å². The number of hydrogen-bond donors (Lipinski definition) is 1. The van der Waals surface area contributed by atoms with Crippen LogP contribution < -0.4 is 0 Å². The molecule has 2 heterocycles. The van der Waals surface area contributed by atoms with E-state index in [1.165, 1.54) is 12.5 Å². The summed E-state index contributed by atoms with van der Waals surface area (Å²) >= 11 is 0. The Labute approximate surface area is 81.9 Å². The van der Waals surface area contributed by atoms with Crippen LogP contribution in [0.1, 0.15) is 5.69 Å². The van der Waals surface area contributed by atoms with Gasteiger partial charge in [0.2, 0.25) is 0 Å². The summed E-state index contributed by atoms with van der Waals surface area (Å²) in [6.45, 7) is 1.90. The third-order valence-electron chi connectivity index (χ3n) is 2.01. The van der Waals surface area contributed by atoms with Crippen molar-refractivity contribution in [1.82, 2.24) is 9.97 Å². The minimum atomic E-state index is -3.16. The van der Waals surface area contributed by atoms with Crippen molar-refractivity contribution >= 4 is 20.9 Å². The SMILES string of the molecule is Cc1cc2cc(S(C)(=O)=O)cnc2[nH]1. The van der Waals surface area contributed by atoms with Crippen LogP contribution in [0.4, 0.5) is 0 Å². The van der Waals surface area contributed by atoms with Crippen LogP contribution in [0, 0.1) is 6.92 Å². The van der Waals surface area contributed by atoms with Crippen molar-refractivity contribution in [3.05, 3.63) is 24.0 Å². The van der Waals surface area contributed by atoms with Gasteiger partial charge in [0.15, 0.2) is 9.84 Å². The van der Waals surface area contributed by atoms with Crippen LogP contribution in [0.2, 0.25) is 0 Å². The zero-order valence-electron chi connectivity index (χ0n) is 7.90. The van der Waals surface area contributed by atoms with Crippen molar-refractivity contribution in [1.29, 1.82) is 0 Å². The van der Waals surface area contributed by atoms with Gasteiger partial charge in [-0.1, -0.05) is 0 Å². The highest BCUT2D eigenvalue weighted by molar-refractivity contribution is 7.90. The molecule has 0 saturated heterocycles. The van der Waals surface area contributed by atoms with E-state index in [1.54, 1.807) is 6.07 Å². The number of nitrogens with zero attached hydrogens (tertiary/aromatic N) is 1. The van der Waals surface area contributed by atoms with E-state index >= 15 is 0 Å². The molecule has 0 aliphatic rings. The number of nitrogens with one attached hydrogen (secondary N) is 1. The van der Waals surface area contributed by atoms with Crippen LogP contribution in [-0.4, -0.2) is 24.6 Å². The molecule has 0 bridgehead atoms. The number of rotatable bonds is 1. The molecular weight excluding hydrogens is 200 g/mol. The summed E-state index contributed by atoms with van der Waals surface area (Å²) < 4.78 is 22.5. The maximum absolute atomic E-state index is 11.2. The molecule has 4 nitrogen and oxygen atoms in total. The summed E-state index contributed by atoms with van der Waals surface area (Å²) in [5.74, 6) is 0. The highest BCUT2D eigenvalue weighted by Crippen LogP contribution is 2.16. The predicted octanol–water partition coefficient (Wildman–Crippen LogP) is 1.27. The molecular formula is C9H10N2O2S. The van der Waals surface area contributed by atoms with Gasteiger partial charge in [-0.15, -0.1) is 0 Å². The average Bonchev–Trinajstić information content (AvgIpc) is 2.41. The smallest absolute Gasteiger partial charge is 0.177 e. The Morgan fingerprint density at radius 3 is 2.71 bits per heavy atom. The minimum absolute atomic E-state index is 0.254. The van der Waals surface area contributed by atoms with Crippen molar-refractivity contribution in [2.45, 2.75) is 11.8 Å². The van der Waals surface area contributed by atoms with Crippen molar-refractivity contribution in [3.8, 4) is 0 Å². The number of sulfone groups is 1. The van der Waals surface area contributed by atoms with Crippen LogP contribution in [0.25, 0.3) is 11.0 Å². The lowest BCUT2D eigenvalue weighted by molar-refractivity contribution is 0.601. The Hall–Kier alpha value is -1.36. The number of aryl methyl sites for hydroxylation is 1. The van der Waals surface area contributed by atoms with Crippen molar-refractivity contribution < 1.29 is 8.42 Å². The summed E-state index contributed by atoms with van der Waals surface area (Å²) in [6.07, 6.45) is 2.54. The first-order chi connectivity index (χ1) is 6.47. The fourth-order valence-electron chi connectivity index (χ4n) is 1.33. The zero-order valence-corrected chi connectivity index (χ0v) is 8.72. The van der Waals surface area contributed by atoms with Crippen LogP contribution in [0.3, 0.4) is 0 Å². The van der Waals surface area contributed by atoms with Gasteiger partial charge in [-0.3, -0.25) is 0 Å². The molecule has 0 aliphatic heterocycles. The van der Waals surface area contributed by atoms with Gasteiger partial charge < -0.3 is 4.98 Å². The molecule has 5 heteroatoms. The van der Waals surface area contributed by atoms with Gasteiger partial charge in [0.05, 0.1) is 4.90 Å². The molecule has 0 spiro atoms. The quantitative estimate of drug-likeness (QED) is 0.771. The van der Waals surface area contributed by atoms with Gasteiger partial charge in [0.1, 0.15) is 5.65 Å². The zero-order chi connectivity index (χ0) is 10.3. The molecule has 14 heavy (non-hydrogen) atoms. The van der Waals surface area contributed by atoms with E-state index in [9.17, 15) is 8.42 Å². The minimum Gasteiger partial charge on any atom is -0.344 e. The van der Waals surface area contributed by atoms with Crippen LogP contribution in [0.15, 0.2) is 23.2 Å². The lowest BCUT2D eigenvalue weighted by Crippen LogP contribution is -1.97. The number of H-pyrrole nitrogens is 1. The van der Waals surface area contributed by atoms with E-state index in [0.29, 0.717) is 0 Å². The van der Waals surface area contributed by atoms with Gasteiger partial charge >= 0.3 is 0 Å². The molecule has 0 aliphatic carbocycles. The fraction of sp³-hybridized carbons (Fsp3) is 0.222. The van der Waals surface area contributed by atoms with E-state index in [2.05, 4.69) is 9.97 Å². The van der Waals surface area contributed by atoms with Gasteiger partial charge in [-0.25, -0.2) is 13.4 Å². The highest BCUT2D eigenvalue weighted by atomic mass is 32.2. The molecule has 74 valence electrons. The van der Waals surface area contributed by atoms with Crippen LogP contribution in [0.5, 0.6) is 0 Å². The number of pyridine rings is 1. The second kappa shape index (κ2) is 2.81. The standard InChI is InChI=1S/C9H10N2O2S/c1-6-3-7-4-8(14(2,12)13)5-10-9(7)11-6/h3-5H,1-2H3,(H,10,11). The van der Waals surface area contributed by atoms with Gasteiger partial charge in [-0.2, -0.15) is 0 Å². The lowest BCUT2D eigenvalue weighted by Gasteiger charge is -1.96. The Balaban J connectivity index is 2.74. The van der Waals surface area contributed by atoms with E-state index in [0.717, 1.165) is 16.7 Å². The number of aromatic amines is 1. The van der Waals surface area contributed by atoms with Gasteiger partial charge in [0.25, 0.3) is 0 Å². The summed E-state index contributed by atoms with van der Waals surface area (Å²) in [4.78, 5) is 7.32. The molecule has 0 fully saturated rings. The van der Waals surface area contributed by atoms with E-state index < -0.39 is 9.84 Å². The average molecular weight is 210 g/mol. The maximum atomic E-state index is 11.2. The predicted molar refractivity (Wildman–Crippen MR) is 53.9 cm³/mol. The first kappa shape index (κ1) is 9.21. The van der Waals surface area contributed by atoms with Crippen molar-refractivity contribution in [2.24, 2.45) is 0 Å². The number of hydrogen-bond acceptors (Lipinski definition) is 3. The summed E-state index contributed by atoms with van der Waals surface area (Å²) in [5.41, 5.74) is 1.69. The van der Waals surface area contributed by atoms with Gasteiger partial charge in [-0.05, 0) is 19.1 Å². The largest absolute Gasteiger partial charge is 0.344 e. The Morgan fingerprint density at radius 1 is 1.36 bits per heavy atom. The molecule has 0 atom stereocenters. The molecule has 0 aromatic carbocycles. The lowest BCUT2D eigenvalue weighted by atomic mass is 10.3. The summed E-state index contributed by atoms with van der Waals surface area (Å²) in [6, 6.07) is 3.50. The number of aromatic nitrogens is 2.